The minimum atomic E-state index is -3.79. The molecule has 2 aromatic rings. The molecular weight excluding hydrogens is 417 g/mol. The molecule has 1 atom stereocenters. The van der Waals surface area contributed by atoms with Crippen molar-refractivity contribution in [3.8, 4) is 0 Å². The maximum atomic E-state index is 13.2. The Labute approximate surface area is 161 Å². The number of amides is 1. The van der Waals surface area contributed by atoms with E-state index in [2.05, 4.69) is 5.32 Å². The van der Waals surface area contributed by atoms with Gasteiger partial charge < -0.3 is 5.32 Å². The van der Waals surface area contributed by atoms with Crippen molar-refractivity contribution in [3.05, 3.63) is 58.9 Å². The standard InChI is InChI=1S/C17H15ClFNO5S2/c18-15-9-12(3-6-16(15)19)20-17(21)11-1-4-13(5-2-11)27(24,25)14-7-8-26(22,23)10-14/h1-6,9,14H,7-8,10H2,(H,20,21)/t14-/m0/s1. The van der Waals surface area contributed by atoms with Gasteiger partial charge in [0.1, 0.15) is 5.82 Å². The van der Waals surface area contributed by atoms with E-state index < -0.39 is 36.6 Å². The second-order valence-corrected chi connectivity index (χ2v) is 11.0. The molecule has 3 rings (SSSR count). The average molecular weight is 432 g/mol. The third kappa shape index (κ3) is 4.31. The quantitative estimate of drug-likeness (QED) is 0.802. The van der Waals surface area contributed by atoms with Crippen LogP contribution in [-0.4, -0.2) is 39.5 Å². The van der Waals surface area contributed by atoms with Crippen molar-refractivity contribution in [2.24, 2.45) is 0 Å². The first kappa shape index (κ1) is 19.8. The van der Waals surface area contributed by atoms with E-state index in [0.717, 1.165) is 6.07 Å². The van der Waals surface area contributed by atoms with Crippen LogP contribution < -0.4 is 5.32 Å². The molecular formula is C17H15ClFNO5S2. The van der Waals surface area contributed by atoms with Gasteiger partial charge in [-0.1, -0.05) is 11.6 Å². The smallest absolute Gasteiger partial charge is 0.255 e. The van der Waals surface area contributed by atoms with Crippen molar-refractivity contribution in [1.82, 2.24) is 0 Å². The maximum absolute atomic E-state index is 13.2. The topological polar surface area (TPSA) is 97.4 Å². The van der Waals surface area contributed by atoms with Crippen molar-refractivity contribution in [1.29, 1.82) is 0 Å². The number of carbonyl (C=O) groups is 1. The molecule has 1 aliphatic heterocycles. The molecule has 0 unspecified atom stereocenters. The number of hydrogen-bond acceptors (Lipinski definition) is 5. The maximum Gasteiger partial charge on any atom is 0.255 e. The number of carbonyl (C=O) groups excluding carboxylic acids is 1. The summed E-state index contributed by atoms with van der Waals surface area (Å²) in [6, 6.07) is 8.92. The van der Waals surface area contributed by atoms with Crippen molar-refractivity contribution >= 4 is 42.9 Å². The summed E-state index contributed by atoms with van der Waals surface area (Å²) in [4.78, 5) is 12.2. The Morgan fingerprint density at radius 2 is 1.81 bits per heavy atom. The van der Waals surface area contributed by atoms with Crippen LogP contribution in [0.4, 0.5) is 10.1 Å². The largest absolute Gasteiger partial charge is 0.322 e. The molecule has 0 radical (unpaired) electrons. The van der Waals surface area contributed by atoms with Crippen LogP contribution in [-0.2, 0) is 19.7 Å². The zero-order valence-electron chi connectivity index (χ0n) is 13.9. The van der Waals surface area contributed by atoms with E-state index >= 15 is 0 Å². The van der Waals surface area contributed by atoms with E-state index in [0.29, 0.717) is 5.69 Å². The van der Waals surface area contributed by atoms with Crippen molar-refractivity contribution in [2.45, 2.75) is 16.6 Å². The Morgan fingerprint density at radius 1 is 1.15 bits per heavy atom. The fraction of sp³-hybridized carbons (Fsp3) is 0.235. The predicted octanol–water partition coefficient (Wildman–Crippen LogP) is 2.69. The highest BCUT2D eigenvalue weighted by Gasteiger charge is 2.37. The Balaban J connectivity index is 1.76. The number of halogens is 2. The summed E-state index contributed by atoms with van der Waals surface area (Å²) in [6.45, 7) is 0. The summed E-state index contributed by atoms with van der Waals surface area (Å²) in [7, 11) is -7.12. The van der Waals surface area contributed by atoms with Crippen LogP contribution in [0, 0.1) is 5.82 Å². The Hall–Kier alpha value is -1.97. The highest BCUT2D eigenvalue weighted by atomic mass is 35.5. The molecule has 2 aromatic carbocycles. The van der Waals surface area contributed by atoms with Crippen LogP contribution in [0.2, 0.25) is 5.02 Å². The average Bonchev–Trinajstić information content (AvgIpc) is 2.99. The molecule has 1 N–H and O–H groups in total. The van der Waals surface area contributed by atoms with Crippen LogP contribution in [0.25, 0.3) is 0 Å². The van der Waals surface area contributed by atoms with Crippen molar-refractivity contribution in [2.75, 3.05) is 16.8 Å². The fourth-order valence-corrected chi connectivity index (χ4v) is 7.31. The number of hydrogen-bond donors (Lipinski definition) is 1. The molecule has 0 aliphatic carbocycles. The zero-order chi connectivity index (χ0) is 19.8. The molecule has 1 amide bonds. The molecule has 27 heavy (non-hydrogen) atoms. The van der Waals surface area contributed by atoms with Gasteiger partial charge in [-0.25, -0.2) is 21.2 Å². The van der Waals surface area contributed by atoms with Crippen LogP contribution in [0.15, 0.2) is 47.4 Å². The minimum absolute atomic E-state index is 0.0361. The summed E-state index contributed by atoms with van der Waals surface area (Å²) in [6.07, 6.45) is 0.0677. The lowest BCUT2D eigenvalue weighted by atomic mass is 10.2. The predicted molar refractivity (Wildman–Crippen MR) is 100 cm³/mol. The van der Waals surface area contributed by atoms with Gasteiger partial charge in [0.05, 0.1) is 26.7 Å². The van der Waals surface area contributed by atoms with Gasteiger partial charge >= 0.3 is 0 Å². The Kier molecular flexibility index (Phi) is 5.29. The molecule has 1 aliphatic rings. The van der Waals surface area contributed by atoms with Gasteiger partial charge in [-0.2, -0.15) is 0 Å². The molecule has 1 saturated heterocycles. The first-order valence-electron chi connectivity index (χ1n) is 7.89. The van der Waals surface area contributed by atoms with E-state index in [9.17, 15) is 26.0 Å². The second kappa shape index (κ2) is 7.21. The van der Waals surface area contributed by atoms with Crippen LogP contribution in [0.1, 0.15) is 16.8 Å². The monoisotopic (exact) mass is 431 g/mol. The van der Waals surface area contributed by atoms with Crippen molar-refractivity contribution < 1.29 is 26.0 Å². The lowest BCUT2D eigenvalue weighted by molar-refractivity contribution is 0.102. The van der Waals surface area contributed by atoms with E-state index in [-0.39, 0.29) is 33.4 Å². The molecule has 0 saturated carbocycles. The number of anilines is 1. The third-order valence-electron chi connectivity index (χ3n) is 4.25. The van der Waals surface area contributed by atoms with Gasteiger partial charge in [0.25, 0.3) is 5.91 Å². The number of rotatable bonds is 4. The molecule has 0 aromatic heterocycles. The highest BCUT2D eigenvalue weighted by molar-refractivity contribution is 7.96. The van der Waals surface area contributed by atoms with E-state index in [4.69, 9.17) is 11.6 Å². The van der Waals surface area contributed by atoms with Gasteiger partial charge in [0, 0.05) is 11.3 Å². The third-order valence-corrected chi connectivity index (χ3v) is 8.73. The lowest BCUT2D eigenvalue weighted by Crippen LogP contribution is -2.22. The molecule has 1 heterocycles. The fourth-order valence-electron chi connectivity index (χ4n) is 2.77. The minimum Gasteiger partial charge on any atom is -0.322 e. The first-order valence-corrected chi connectivity index (χ1v) is 11.6. The highest BCUT2D eigenvalue weighted by Crippen LogP contribution is 2.26. The summed E-state index contributed by atoms with van der Waals surface area (Å²) >= 11 is 5.66. The first-order chi connectivity index (χ1) is 12.6. The molecule has 0 bridgehead atoms. The van der Waals surface area contributed by atoms with Crippen LogP contribution in [0.3, 0.4) is 0 Å². The van der Waals surface area contributed by atoms with Gasteiger partial charge in [0.15, 0.2) is 19.7 Å². The van der Waals surface area contributed by atoms with E-state index in [1.807, 2.05) is 0 Å². The van der Waals surface area contributed by atoms with Gasteiger partial charge in [0.2, 0.25) is 0 Å². The SMILES string of the molecule is O=C(Nc1ccc(F)c(Cl)c1)c1ccc(S(=O)(=O)[C@H]2CCS(=O)(=O)C2)cc1. The molecule has 1 fully saturated rings. The van der Waals surface area contributed by atoms with Crippen LogP contribution >= 0.6 is 11.6 Å². The second-order valence-electron chi connectivity index (χ2n) is 6.18. The van der Waals surface area contributed by atoms with Gasteiger partial charge in [-0.05, 0) is 48.9 Å². The molecule has 10 heteroatoms. The normalized spacial score (nSPS) is 19.0. The van der Waals surface area contributed by atoms with Crippen molar-refractivity contribution in [3.63, 3.8) is 0 Å². The molecule has 6 nitrogen and oxygen atoms in total. The van der Waals surface area contributed by atoms with Gasteiger partial charge in [-0.15, -0.1) is 0 Å². The van der Waals surface area contributed by atoms with E-state index in [1.54, 1.807) is 0 Å². The number of benzene rings is 2. The summed E-state index contributed by atoms with van der Waals surface area (Å²) in [5.41, 5.74) is 0.479. The molecule has 0 spiro atoms. The number of nitrogens with one attached hydrogen (secondary N) is 1. The summed E-state index contributed by atoms with van der Waals surface area (Å²) in [5.74, 6) is -1.66. The Morgan fingerprint density at radius 3 is 2.37 bits per heavy atom. The van der Waals surface area contributed by atoms with E-state index in [1.165, 1.54) is 36.4 Å². The van der Waals surface area contributed by atoms with Crippen LogP contribution in [0.5, 0.6) is 0 Å². The number of sulfone groups is 2. The Bertz CT molecular complexity index is 1100. The summed E-state index contributed by atoms with van der Waals surface area (Å²) in [5, 5.41) is 1.42. The lowest BCUT2D eigenvalue weighted by Gasteiger charge is -2.11. The van der Waals surface area contributed by atoms with Gasteiger partial charge in [-0.3, -0.25) is 4.79 Å². The zero-order valence-corrected chi connectivity index (χ0v) is 16.2. The molecule has 144 valence electrons. The summed E-state index contributed by atoms with van der Waals surface area (Å²) < 4.78 is 61.3.